The van der Waals surface area contributed by atoms with E-state index in [0.717, 1.165) is 38.8 Å². The first-order valence-corrected chi connectivity index (χ1v) is 8.76. The smallest absolute Gasteiger partial charge is 0.220 e. The van der Waals surface area contributed by atoms with Crippen LogP contribution >= 0.6 is 0 Å². The number of nitrogens with one attached hydrogen (secondary N) is 1. The molecule has 0 fully saturated rings. The van der Waals surface area contributed by atoms with Crippen molar-refractivity contribution in [3.05, 3.63) is 35.5 Å². The Morgan fingerprint density at radius 1 is 1.39 bits per heavy atom. The third kappa shape index (κ3) is 2.27. The zero-order valence-corrected chi connectivity index (χ0v) is 13.7. The largest absolute Gasteiger partial charge is 0.368 e. The van der Waals surface area contributed by atoms with E-state index >= 15 is 0 Å². The molecule has 1 N–H and O–H groups in total. The summed E-state index contributed by atoms with van der Waals surface area (Å²) in [6.07, 6.45) is 4.43. The lowest BCUT2D eigenvalue weighted by atomic mass is 9.81. The monoisotopic (exact) mass is 312 g/mol. The topological polar surface area (TPSA) is 43.3 Å². The van der Waals surface area contributed by atoms with Gasteiger partial charge in [-0.25, -0.2) is 0 Å². The molecule has 2 aliphatic rings. The van der Waals surface area contributed by atoms with E-state index in [1.807, 2.05) is 6.92 Å². The average molecular weight is 312 g/mol. The number of benzene rings is 1. The number of rotatable bonds is 4. The number of para-hydroxylation sites is 1. The lowest BCUT2D eigenvalue weighted by molar-refractivity contribution is -0.125. The Morgan fingerprint density at radius 2 is 2.26 bits per heavy atom. The van der Waals surface area contributed by atoms with Gasteiger partial charge in [-0.15, -0.1) is 0 Å². The van der Waals surface area contributed by atoms with Crippen LogP contribution in [0.3, 0.4) is 0 Å². The van der Waals surface area contributed by atoms with Gasteiger partial charge in [0.1, 0.15) is 5.60 Å². The minimum atomic E-state index is -0.268. The highest BCUT2D eigenvalue weighted by atomic mass is 16.5. The number of hydrogen-bond donors (Lipinski definition) is 1. The van der Waals surface area contributed by atoms with E-state index in [0.29, 0.717) is 13.0 Å². The fraction of sp³-hybridized carbons (Fsp3) is 0.526. The second-order valence-corrected chi connectivity index (χ2v) is 6.65. The van der Waals surface area contributed by atoms with Gasteiger partial charge in [-0.3, -0.25) is 4.79 Å². The highest BCUT2D eigenvalue weighted by Crippen LogP contribution is 2.47. The molecule has 1 amide bonds. The van der Waals surface area contributed by atoms with Gasteiger partial charge in [0.05, 0.1) is 12.3 Å². The number of fused-ring (bicyclic) bond motifs is 3. The molecule has 4 heteroatoms. The minimum Gasteiger partial charge on any atom is -0.368 e. The molecule has 0 aliphatic carbocycles. The molecule has 4 nitrogen and oxygen atoms in total. The Labute approximate surface area is 136 Å². The normalized spacial score (nSPS) is 22.8. The summed E-state index contributed by atoms with van der Waals surface area (Å²) in [7, 11) is 0. The van der Waals surface area contributed by atoms with Crippen molar-refractivity contribution in [2.45, 2.75) is 51.2 Å². The minimum absolute atomic E-state index is 0.130. The summed E-state index contributed by atoms with van der Waals surface area (Å²) in [4.78, 5) is 12.0. The number of amides is 1. The van der Waals surface area contributed by atoms with Crippen molar-refractivity contribution < 1.29 is 9.53 Å². The summed E-state index contributed by atoms with van der Waals surface area (Å²) in [5.74, 6) is 0.130. The number of aromatic nitrogens is 1. The Kier molecular flexibility index (Phi) is 3.64. The number of carbonyl (C=O) groups is 1. The third-order valence-corrected chi connectivity index (χ3v) is 5.33. The SMILES string of the molecule is CCNC(=O)CCC12CCCn3c1c(c1ccccc13)CCO2. The molecule has 122 valence electrons. The second-order valence-electron chi connectivity index (χ2n) is 6.65. The highest BCUT2D eigenvalue weighted by molar-refractivity contribution is 5.86. The molecule has 0 bridgehead atoms. The fourth-order valence-corrected chi connectivity index (χ4v) is 4.43. The van der Waals surface area contributed by atoms with Crippen LogP contribution in [0.1, 0.15) is 43.9 Å². The predicted octanol–water partition coefficient (Wildman–Crippen LogP) is 3.12. The van der Waals surface area contributed by atoms with Crippen molar-refractivity contribution in [3.8, 4) is 0 Å². The molecular weight excluding hydrogens is 288 g/mol. The van der Waals surface area contributed by atoms with Gasteiger partial charge in [0.2, 0.25) is 5.91 Å². The zero-order chi connectivity index (χ0) is 15.9. The van der Waals surface area contributed by atoms with Gasteiger partial charge < -0.3 is 14.6 Å². The molecule has 0 spiro atoms. The number of hydrogen-bond acceptors (Lipinski definition) is 2. The van der Waals surface area contributed by atoms with Crippen molar-refractivity contribution in [3.63, 3.8) is 0 Å². The van der Waals surface area contributed by atoms with Crippen LogP contribution in [0.25, 0.3) is 10.9 Å². The molecule has 0 radical (unpaired) electrons. The Balaban J connectivity index is 1.77. The molecule has 1 aromatic heterocycles. The van der Waals surface area contributed by atoms with Crippen molar-refractivity contribution in [1.82, 2.24) is 9.88 Å². The summed E-state index contributed by atoms with van der Waals surface area (Å²) in [6.45, 7) is 4.47. The predicted molar refractivity (Wildman–Crippen MR) is 90.4 cm³/mol. The number of aryl methyl sites for hydroxylation is 1. The number of ether oxygens (including phenoxy) is 1. The first kappa shape index (κ1) is 14.8. The Morgan fingerprint density at radius 3 is 3.13 bits per heavy atom. The summed E-state index contributed by atoms with van der Waals surface area (Å²) in [5, 5.41) is 4.28. The first-order valence-electron chi connectivity index (χ1n) is 8.76. The van der Waals surface area contributed by atoms with E-state index in [-0.39, 0.29) is 11.5 Å². The summed E-state index contributed by atoms with van der Waals surface area (Å²) < 4.78 is 8.78. The van der Waals surface area contributed by atoms with Gasteiger partial charge in [0.25, 0.3) is 0 Å². The maximum Gasteiger partial charge on any atom is 0.220 e. The van der Waals surface area contributed by atoms with Crippen LogP contribution in [0, 0.1) is 0 Å². The van der Waals surface area contributed by atoms with Crippen molar-refractivity contribution >= 4 is 16.8 Å². The van der Waals surface area contributed by atoms with Crippen LogP contribution in [-0.2, 0) is 28.1 Å². The molecule has 2 aromatic rings. The molecule has 2 aliphatic heterocycles. The van der Waals surface area contributed by atoms with E-state index in [9.17, 15) is 4.79 Å². The molecule has 1 aromatic carbocycles. The Bertz CT molecular complexity index is 700. The second kappa shape index (κ2) is 5.68. The molecule has 1 unspecified atom stereocenters. The van der Waals surface area contributed by atoms with E-state index in [1.54, 1.807) is 0 Å². The van der Waals surface area contributed by atoms with E-state index in [2.05, 4.69) is 34.1 Å². The number of nitrogens with zero attached hydrogens (tertiary/aromatic N) is 1. The summed E-state index contributed by atoms with van der Waals surface area (Å²) in [5.41, 5.74) is 3.85. The fourth-order valence-electron chi connectivity index (χ4n) is 4.43. The van der Waals surface area contributed by atoms with Crippen LogP contribution in [0.2, 0.25) is 0 Å². The van der Waals surface area contributed by atoms with Crippen molar-refractivity contribution in [2.75, 3.05) is 13.2 Å². The quantitative estimate of drug-likeness (QED) is 0.942. The van der Waals surface area contributed by atoms with Crippen LogP contribution in [-0.4, -0.2) is 23.6 Å². The van der Waals surface area contributed by atoms with Crippen LogP contribution in [0.15, 0.2) is 24.3 Å². The van der Waals surface area contributed by atoms with Crippen molar-refractivity contribution in [1.29, 1.82) is 0 Å². The van der Waals surface area contributed by atoms with Crippen LogP contribution in [0.5, 0.6) is 0 Å². The molecule has 0 saturated carbocycles. The first-order chi connectivity index (χ1) is 11.2. The lowest BCUT2D eigenvalue weighted by Gasteiger charge is -2.42. The zero-order valence-electron chi connectivity index (χ0n) is 13.7. The molecule has 1 atom stereocenters. The third-order valence-electron chi connectivity index (χ3n) is 5.33. The maximum atomic E-state index is 12.0. The summed E-state index contributed by atoms with van der Waals surface area (Å²) in [6, 6.07) is 8.68. The average Bonchev–Trinajstić information content (AvgIpc) is 2.91. The van der Waals surface area contributed by atoms with Gasteiger partial charge in [-0.05, 0) is 44.2 Å². The van der Waals surface area contributed by atoms with Crippen LogP contribution in [0.4, 0.5) is 0 Å². The Hall–Kier alpha value is -1.81. The molecule has 3 heterocycles. The van der Waals surface area contributed by atoms with E-state index in [1.165, 1.54) is 22.2 Å². The molecular formula is C19H24N2O2. The highest BCUT2D eigenvalue weighted by Gasteiger charge is 2.43. The molecule has 4 rings (SSSR count). The lowest BCUT2D eigenvalue weighted by Crippen LogP contribution is -2.41. The van der Waals surface area contributed by atoms with Crippen molar-refractivity contribution in [2.24, 2.45) is 0 Å². The number of carbonyl (C=O) groups excluding carboxylic acids is 1. The van der Waals surface area contributed by atoms with Gasteiger partial charge in [-0.1, -0.05) is 18.2 Å². The molecule has 0 saturated heterocycles. The van der Waals surface area contributed by atoms with Gasteiger partial charge in [-0.2, -0.15) is 0 Å². The van der Waals surface area contributed by atoms with Crippen LogP contribution < -0.4 is 5.32 Å². The van der Waals surface area contributed by atoms with Gasteiger partial charge in [0, 0.05) is 30.4 Å². The standard InChI is InChI=1S/C19H24N2O2/c1-2-20-17(22)8-11-19-10-5-12-21-16-7-4-3-6-14(16)15(18(19)21)9-13-23-19/h3-4,6-7H,2,5,8-13H2,1H3,(H,20,22). The van der Waals surface area contributed by atoms with Gasteiger partial charge in [0.15, 0.2) is 0 Å². The van der Waals surface area contributed by atoms with E-state index in [4.69, 9.17) is 4.74 Å². The molecule has 23 heavy (non-hydrogen) atoms. The van der Waals surface area contributed by atoms with E-state index < -0.39 is 0 Å². The summed E-state index contributed by atoms with van der Waals surface area (Å²) >= 11 is 0. The van der Waals surface area contributed by atoms with Gasteiger partial charge >= 0.3 is 0 Å². The maximum absolute atomic E-state index is 12.0.